The second-order valence-electron chi connectivity index (χ2n) is 8.57. The van der Waals surface area contributed by atoms with Crippen LogP contribution in [0.15, 0.2) is 24.3 Å². The summed E-state index contributed by atoms with van der Waals surface area (Å²) in [5.41, 5.74) is 2.51. The highest BCUT2D eigenvalue weighted by molar-refractivity contribution is 6.33. The van der Waals surface area contributed by atoms with Crippen LogP contribution in [-0.4, -0.2) is 41.9 Å². The number of ether oxygens (including phenoxy) is 1. The molecule has 156 valence electrons. The first-order chi connectivity index (χ1) is 14.3. The van der Waals surface area contributed by atoms with Crippen molar-refractivity contribution >= 4 is 23.4 Å². The van der Waals surface area contributed by atoms with Crippen molar-refractivity contribution in [3.05, 3.63) is 62.9 Å². The predicted octanol–water partition coefficient (Wildman–Crippen LogP) is 3.73. The molecule has 2 aliphatic heterocycles. The van der Waals surface area contributed by atoms with Crippen LogP contribution in [-0.2, 0) is 6.42 Å². The Morgan fingerprint density at radius 3 is 2.87 bits per heavy atom. The summed E-state index contributed by atoms with van der Waals surface area (Å²) in [6.45, 7) is 4.55. The van der Waals surface area contributed by atoms with Crippen molar-refractivity contribution in [2.45, 2.75) is 38.3 Å². The molecule has 2 aromatic carbocycles. The minimum Gasteiger partial charge on any atom is -0.483 e. The molecule has 3 aliphatic rings. The summed E-state index contributed by atoms with van der Waals surface area (Å²) < 4.78 is 20.7. The maximum absolute atomic E-state index is 14.4. The number of carbonyl (C=O) groups excluding carboxylic acids is 2. The lowest BCUT2D eigenvalue weighted by molar-refractivity contribution is 0.0711. The fourth-order valence-electron chi connectivity index (χ4n) is 4.95. The number of nitrogens with zero attached hydrogens (tertiary/aromatic N) is 1. The van der Waals surface area contributed by atoms with Gasteiger partial charge in [0, 0.05) is 19.0 Å². The largest absolute Gasteiger partial charge is 0.483 e. The molecule has 3 atom stereocenters. The van der Waals surface area contributed by atoms with Gasteiger partial charge in [0.05, 0.1) is 22.7 Å². The van der Waals surface area contributed by atoms with Gasteiger partial charge >= 0.3 is 0 Å². The van der Waals surface area contributed by atoms with Crippen molar-refractivity contribution in [2.24, 2.45) is 5.92 Å². The molecule has 2 aromatic rings. The highest BCUT2D eigenvalue weighted by Crippen LogP contribution is 2.59. The number of rotatable bonds is 3. The molecule has 5 nitrogen and oxygen atoms in total. The Labute approximate surface area is 179 Å². The molecule has 1 saturated carbocycles. The average molecular weight is 429 g/mol. The Bertz CT molecular complexity index is 1120. The molecule has 2 fully saturated rings. The van der Waals surface area contributed by atoms with E-state index in [-0.39, 0.29) is 23.1 Å². The summed E-state index contributed by atoms with van der Waals surface area (Å²) >= 11 is 6.67. The monoisotopic (exact) mass is 428 g/mol. The van der Waals surface area contributed by atoms with Crippen molar-refractivity contribution < 1.29 is 18.7 Å². The second-order valence-corrected chi connectivity index (χ2v) is 8.95. The molecule has 7 heteroatoms. The van der Waals surface area contributed by atoms with Crippen LogP contribution >= 0.6 is 11.6 Å². The highest BCUT2D eigenvalue weighted by Gasteiger charge is 2.68. The zero-order chi connectivity index (χ0) is 21.4. The molecule has 2 amide bonds. The highest BCUT2D eigenvalue weighted by atomic mass is 35.5. The SMILES string of the molecule is CNC(=O)c1ccc(Cc2cc3c(c(Cl)c2C)O[C@@]24CC2[C@@H](C)N(C4)C3=O)cc1F. The van der Waals surface area contributed by atoms with Gasteiger partial charge in [-0.15, -0.1) is 0 Å². The van der Waals surface area contributed by atoms with Gasteiger partial charge in [-0.2, -0.15) is 0 Å². The number of hydrogen-bond donors (Lipinski definition) is 1. The standard InChI is InChI=1S/C23H22ClFN2O3/c1-11-14(6-13-4-5-15(18(25)7-13)21(28)26-3)8-16-20(19(11)24)30-23-9-17(23)12(2)27(10-23)22(16)29/h4-5,7-8,12,17H,6,9-10H2,1-3H3,(H,26,28)/t12-,17?,23-/m1/s1. The first kappa shape index (κ1) is 19.4. The quantitative estimate of drug-likeness (QED) is 0.810. The van der Waals surface area contributed by atoms with E-state index in [1.54, 1.807) is 6.07 Å². The van der Waals surface area contributed by atoms with Crippen LogP contribution in [0.1, 0.15) is 50.8 Å². The van der Waals surface area contributed by atoms with E-state index in [9.17, 15) is 14.0 Å². The first-order valence-electron chi connectivity index (χ1n) is 10.1. The van der Waals surface area contributed by atoms with E-state index < -0.39 is 11.7 Å². The maximum Gasteiger partial charge on any atom is 0.258 e. The summed E-state index contributed by atoms with van der Waals surface area (Å²) in [6, 6.07) is 6.51. The number of carbonyl (C=O) groups is 2. The lowest BCUT2D eigenvalue weighted by Gasteiger charge is -2.24. The van der Waals surface area contributed by atoms with E-state index in [4.69, 9.17) is 16.3 Å². The van der Waals surface area contributed by atoms with E-state index in [2.05, 4.69) is 12.2 Å². The molecule has 5 rings (SSSR count). The topological polar surface area (TPSA) is 58.6 Å². The maximum atomic E-state index is 14.4. The number of benzene rings is 2. The molecule has 1 unspecified atom stereocenters. The van der Waals surface area contributed by atoms with E-state index in [0.29, 0.717) is 40.8 Å². The number of amides is 2. The summed E-state index contributed by atoms with van der Waals surface area (Å²) in [7, 11) is 1.46. The number of nitrogens with one attached hydrogen (secondary N) is 1. The van der Waals surface area contributed by atoms with Crippen molar-refractivity contribution in [3.8, 4) is 5.75 Å². The Balaban J connectivity index is 1.53. The fraction of sp³-hybridized carbons (Fsp3) is 0.391. The van der Waals surface area contributed by atoms with Gasteiger partial charge in [0.15, 0.2) is 5.75 Å². The molecular formula is C23H22ClFN2O3. The van der Waals surface area contributed by atoms with E-state index in [1.165, 1.54) is 19.2 Å². The second kappa shape index (κ2) is 6.45. The van der Waals surface area contributed by atoms with Crippen molar-refractivity contribution in [1.29, 1.82) is 0 Å². The van der Waals surface area contributed by atoms with Gasteiger partial charge in [-0.1, -0.05) is 17.7 Å². The predicted molar refractivity (Wildman–Crippen MR) is 111 cm³/mol. The van der Waals surface area contributed by atoms with Crippen LogP contribution in [0.3, 0.4) is 0 Å². The van der Waals surface area contributed by atoms with Crippen LogP contribution in [0.4, 0.5) is 4.39 Å². The molecule has 30 heavy (non-hydrogen) atoms. The zero-order valence-electron chi connectivity index (χ0n) is 17.0. The molecule has 1 N–H and O–H groups in total. The molecular weight excluding hydrogens is 407 g/mol. The van der Waals surface area contributed by atoms with Gasteiger partial charge in [-0.25, -0.2) is 4.39 Å². The number of halogens is 2. The summed E-state index contributed by atoms with van der Waals surface area (Å²) in [5.74, 6) is -0.276. The van der Waals surface area contributed by atoms with Gasteiger partial charge in [-0.3, -0.25) is 9.59 Å². The number of hydrogen-bond acceptors (Lipinski definition) is 3. The molecule has 1 aliphatic carbocycles. The Morgan fingerprint density at radius 1 is 1.40 bits per heavy atom. The van der Waals surface area contributed by atoms with Crippen LogP contribution in [0, 0.1) is 18.7 Å². The molecule has 1 saturated heterocycles. The van der Waals surface area contributed by atoms with Gasteiger partial charge in [-0.05, 0) is 61.6 Å². The number of piperidine rings is 1. The molecule has 2 bridgehead atoms. The third-order valence-electron chi connectivity index (χ3n) is 6.86. The number of fused-ring (bicyclic) bond motifs is 2. The van der Waals surface area contributed by atoms with Gasteiger partial charge in [0.1, 0.15) is 11.4 Å². The first-order valence-corrected chi connectivity index (χ1v) is 10.5. The van der Waals surface area contributed by atoms with Gasteiger partial charge in [0.25, 0.3) is 11.8 Å². The summed E-state index contributed by atoms with van der Waals surface area (Å²) in [4.78, 5) is 26.8. The summed E-state index contributed by atoms with van der Waals surface area (Å²) in [6.07, 6.45) is 1.34. The third-order valence-corrected chi connectivity index (χ3v) is 7.32. The summed E-state index contributed by atoms with van der Waals surface area (Å²) in [5, 5.41) is 2.87. The van der Waals surface area contributed by atoms with Crippen LogP contribution in [0.5, 0.6) is 5.75 Å². The van der Waals surface area contributed by atoms with E-state index in [1.807, 2.05) is 17.9 Å². The van der Waals surface area contributed by atoms with Crippen molar-refractivity contribution in [3.63, 3.8) is 0 Å². The Kier molecular flexibility index (Phi) is 4.16. The minimum atomic E-state index is -0.583. The Morgan fingerprint density at radius 2 is 2.17 bits per heavy atom. The van der Waals surface area contributed by atoms with E-state index >= 15 is 0 Å². The molecule has 0 aromatic heterocycles. The van der Waals surface area contributed by atoms with Gasteiger partial charge < -0.3 is 15.0 Å². The lowest BCUT2D eigenvalue weighted by Crippen LogP contribution is -2.37. The molecule has 1 spiro atoms. The van der Waals surface area contributed by atoms with Gasteiger partial charge in [0.2, 0.25) is 0 Å². The average Bonchev–Trinajstić information content (AvgIpc) is 3.39. The molecule has 0 radical (unpaired) electrons. The zero-order valence-corrected chi connectivity index (χ0v) is 17.8. The van der Waals surface area contributed by atoms with Crippen LogP contribution in [0.2, 0.25) is 5.02 Å². The van der Waals surface area contributed by atoms with Crippen molar-refractivity contribution in [1.82, 2.24) is 10.2 Å². The van der Waals surface area contributed by atoms with E-state index in [0.717, 1.165) is 17.5 Å². The minimum absolute atomic E-state index is 0.00225. The smallest absolute Gasteiger partial charge is 0.258 e. The van der Waals surface area contributed by atoms with Crippen LogP contribution < -0.4 is 10.1 Å². The van der Waals surface area contributed by atoms with Crippen molar-refractivity contribution in [2.75, 3.05) is 13.6 Å². The third kappa shape index (κ3) is 2.66. The molecule has 2 heterocycles. The normalized spacial score (nSPS) is 25.9. The Hall–Kier alpha value is -2.60. The fourth-order valence-corrected chi connectivity index (χ4v) is 5.21. The lowest BCUT2D eigenvalue weighted by atomic mass is 9.96. The van der Waals surface area contributed by atoms with Crippen LogP contribution in [0.25, 0.3) is 0 Å².